The fraction of sp³-hybridized carbons (Fsp3) is 0.656. The van der Waals surface area contributed by atoms with Gasteiger partial charge >= 0.3 is 18.0 Å². The number of nitrogens with two attached hydrogens (primary N) is 1. The monoisotopic (exact) mass is 593 g/mol. The van der Waals surface area contributed by atoms with Gasteiger partial charge in [0, 0.05) is 11.0 Å². The number of aliphatic carboxylic acids is 2. The Hall–Kier alpha value is -3.47. The molecule has 9 fully saturated rings. The number of carboxylic acids is 2. The third kappa shape index (κ3) is 5.41. The Balaban J connectivity index is 0.000000119. The minimum Gasteiger partial charge on any atom is -0.480 e. The molecular weight excluding hydrogens is 550 g/mol. The third-order valence-corrected chi connectivity index (χ3v) is 10.7. The van der Waals surface area contributed by atoms with Crippen molar-refractivity contribution in [3.8, 4) is 11.3 Å². The smallest absolute Gasteiger partial charge is 0.408 e. The number of nitrogens with zero attached hydrogens (tertiary/aromatic N) is 3. The van der Waals surface area contributed by atoms with Crippen molar-refractivity contribution >= 4 is 18.0 Å². The van der Waals surface area contributed by atoms with Gasteiger partial charge in [-0.1, -0.05) is 35.5 Å². The number of ether oxygens (including phenoxy) is 1. The van der Waals surface area contributed by atoms with E-state index < -0.39 is 35.7 Å². The van der Waals surface area contributed by atoms with Crippen LogP contribution in [0.3, 0.4) is 0 Å². The molecule has 1 heterocycles. The van der Waals surface area contributed by atoms with Crippen molar-refractivity contribution in [3.05, 3.63) is 36.5 Å². The zero-order valence-electron chi connectivity index (χ0n) is 25.2. The van der Waals surface area contributed by atoms with Gasteiger partial charge in [0.2, 0.25) is 0 Å². The molecule has 2 unspecified atom stereocenters. The Morgan fingerprint density at radius 2 is 1.44 bits per heavy atom. The van der Waals surface area contributed by atoms with E-state index in [1.807, 2.05) is 18.2 Å². The molecule has 9 aliphatic rings. The topological polar surface area (TPSA) is 170 Å². The van der Waals surface area contributed by atoms with Crippen molar-refractivity contribution in [1.29, 1.82) is 0 Å². The van der Waals surface area contributed by atoms with Crippen LogP contribution >= 0.6 is 0 Å². The van der Waals surface area contributed by atoms with Gasteiger partial charge in [0.05, 0.1) is 11.7 Å². The third-order valence-electron chi connectivity index (χ3n) is 10.7. The standard InChI is InChI=1S/C13H13N3.C12H19NO4.C7H11NO2/c1-2-4-11(5-3-1)12-9-16(15-14-12)13-6-10(7-13)8-13;1-11(2,3)17-10(16)13-8(9(14)15)12-4-7(5-12)6-12;8-5(6(9)10)7-1-4(2-7)3-7/h1-5,9-10H,6-8H2;7-8H,4-6H2,1-3H3,(H,13,16)(H,14,15);4-5H,1-3,8H2,(H,9,10). The minimum absolute atomic E-state index is 0.0243. The maximum atomic E-state index is 11.6. The Bertz CT molecular complexity index is 1350. The number of aromatic nitrogens is 3. The van der Waals surface area contributed by atoms with E-state index >= 15 is 0 Å². The van der Waals surface area contributed by atoms with Crippen molar-refractivity contribution in [2.45, 2.75) is 102 Å². The summed E-state index contributed by atoms with van der Waals surface area (Å²) in [5.41, 5.74) is 7.21. The number of alkyl carbamates (subject to hydrolysis) is 1. The van der Waals surface area contributed by atoms with Gasteiger partial charge in [0.1, 0.15) is 23.4 Å². The molecule has 1 amide bonds. The second-order valence-electron chi connectivity index (χ2n) is 15.0. The van der Waals surface area contributed by atoms with Crippen LogP contribution in [0.25, 0.3) is 11.3 Å². The molecule has 11 nitrogen and oxygen atoms in total. The fourth-order valence-corrected chi connectivity index (χ4v) is 7.94. The highest BCUT2D eigenvalue weighted by atomic mass is 16.6. The predicted molar refractivity (Wildman–Crippen MR) is 157 cm³/mol. The van der Waals surface area contributed by atoms with Crippen molar-refractivity contribution in [1.82, 2.24) is 20.3 Å². The van der Waals surface area contributed by atoms with Crippen LogP contribution in [0, 0.1) is 28.6 Å². The second-order valence-corrected chi connectivity index (χ2v) is 15.0. The van der Waals surface area contributed by atoms with Crippen LogP contribution in [0.1, 0.15) is 78.6 Å². The number of nitrogens with one attached hydrogen (secondary N) is 1. The van der Waals surface area contributed by atoms with E-state index in [2.05, 4.69) is 38.6 Å². The highest BCUT2D eigenvalue weighted by Crippen LogP contribution is 2.66. The number of hydrogen-bond donors (Lipinski definition) is 4. The van der Waals surface area contributed by atoms with E-state index in [-0.39, 0.29) is 10.8 Å². The number of carbonyl (C=O) groups is 3. The van der Waals surface area contributed by atoms with Crippen molar-refractivity contribution in [3.63, 3.8) is 0 Å². The molecule has 43 heavy (non-hydrogen) atoms. The summed E-state index contributed by atoms with van der Waals surface area (Å²) in [5.74, 6) is 0.666. The van der Waals surface area contributed by atoms with Gasteiger partial charge in [-0.3, -0.25) is 4.79 Å². The van der Waals surface area contributed by atoms with E-state index in [1.165, 1.54) is 19.3 Å². The highest BCUT2D eigenvalue weighted by molar-refractivity contribution is 5.81. The van der Waals surface area contributed by atoms with Crippen LogP contribution in [0.2, 0.25) is 0 Å². The van der Waals surface area contributed by atoms with Gasteiger partial charge in [-0.05, 0) is 102 Å². The average Bonchev–Trinajstić information content (AvgIpc) is 3.22. The zero-order valence-corrected chi connectivity index (χ0v) is 25.2. The summed E-state index contributed by atoms with van der Waals surface area (Å²) in [5, 5.41) is 28.8. The van der Waals surface area contributed by atoms with Gasteiger partial charge in [-0.2, -0.15) is 0 Å². The summed E-state index contributed by atoms with van der Waals surface area (Å²) >= 11 is 0. The number of carboxylic acid groups (broad SMARTS) is 2. The molecule has 1 aromatic heterocycles. The summed E-state index contributed by atoms with van der Waals surface area (Å²) in [4.78, 5) is 33.2. The molecule has 11 rings (SSSR count). The Labute approximate surface area is 251 Å². The van der Waals surface area contributed by atoms with E-state index in [1.54, 1.807) is 20.8 Å². The van der Waals surface area contributed by atoms with E-state index in [0.29, 0.717) is 11.5 Å². The van der Waals surface area contributed by atoms with E-state index in [9.17, 15) is 19.5 Å². The Kier molecular flexibility index (Phi) is 7.10. The number of rotatable bonds is 7. The van der Waals surface area contributed by atoms with Crippen molar-refractivity contribution in [2.75, 3.05) is 0 Å². The molecule has 2 atom stereocenters. The average molecular weight is 594 g/mol. The molecule has 6 bridgehead atoms. The van der Waals surface area contributed by atoms with E-state index in [0.717, 1.165) is 61.6 Å². The highest BCUT2D eigenvalue weighted by Gasteiger charge is 2.63. The van der Waals surface area contributed by atoms with Gasteiger partial charge in [-0.15, -0.1) is 5.10 Å². The quantitative estimate of drug-likeness (QED) is 0.363. The Morgan fingerprint density at radius 1 is 0.907 bits per heavy atom. The van der Waals surface area contributed by atoms with Gasteiger partial charge in [0.15, 0.2) is 0 Å². The molecule has 0 radical (unpaired) electrons. The van der Waals surface area contributed by atoms with Crippen LogP contribution in [0.15, 0.2) is 36.5 Å². The van der Waals surface area contributed by atoms with Crippen molar-refractivity contribution in [2.24, 2.45) is 34.3 Å². The number of carbonyl (C=O) groups excluding carboxylic acids is 1. The first-order valence-corrected chi connectivity index (χ1v) is 15.4. The van der Waals surface area contributed by atoms with Crippen LogP contribution in [0.4, 0.5) is 4.79 Å². The largest absolute Gasteiger partial charge is 0.480 e. The Morgan fingerprint density at radius 3 is 1.81 bits per heavy atom. The molecule has 11 heteroatoms. The molecule has 0 spiro atoms. The molecule has 0 saturated heterocycles. The molecule has 232 valence electrons. The molecule has 9 aliphatic carbocycles. The molecule has 9 saturated carbocycles. The molecular formula is C32H43N5O6. The lowest BCUT2D eigenvalue weighted by Gasteiger charge is -2.64. The first-order valence-electron chi connectivity index (χ1n) is 15.4. The van der Waals surface area contributed by atoms with Gasteiger partial charge in [-0.25, -0.2) is 14.3 Å². The number of amides is 1. The number of hydrogen-bond acceptors (Lipinski definition) is 7. The summed E-state index contributed by atoms with van der Waals surface area (Å²) in [6.07, 6.45) is 11.3. The lowest BCUT2D eigenvalue weighted by atomic mass is 9.42. The summed E-state index contributed by atoms with van der Waals surface area (Å²) in [6, 6.07) is 8.85. The number of benzene rings is 1. The zero-order chi connectivity index (χ0) is 30.8. The van der Waals surface area contributed by atoms with Crippen LogP contribution < -0.4 is 11.1 Å². The van der Waals surface area contributed by atoms with Crippen LogP contribution in [-0.2, 0) is 19.9 Å². The lowest BCUT2D eigenvalue weighted by molar-refractivity contribution is -0.169. The van der Waals surface area contributed by atoms with E-state index in [4.69, 9.17) is 15.6 Å². The molecule has 1 aromatic carbocycles. The fourth-order valence-electron chi connectivity index (χ4n) is 7.94. The first kappa shape index (κ1) is 29.6. The van der Waals surface area contributed by atoms with Gasteiger partial charge in [0.25, 0.3) is 0 Å². The van der Waals surface area contributed by atoms with Crippen LogP contribution in [-0.4, -0.2) is 60.9 Å². The predicted octanol–water partition coefficient (Wildman–Crippen LogP) is 4.42. The molecule has 2 aromatic rings. The second kappa shape index (κ2) is 10.3. The lowest BCUT2D eigenvalue weighted by Crippen LogP contribution is -2.66. The summed E-state index contributed by atoms with van der Waals surface area (Å²) in [6.45, 7) is 5.26. The molecule has 0 aliphatic heterocycles. The summed E-state index contributed by atoms with van der Waals surface area (Å²) < 4.78 is 7.18. The van der Waals surface area contributed by atoms with Crippen molar-refractivity contribution < 1.29 is 29.3 Å². The normalized spacial score (nSPS) is 34.5. The maximum absolute atomic E-state index is 11.6. The maximum Gasteiger partial charge on any atom is 0.408 e. The SMILES string of the molecule is CC(C)(C)OC(=O)NC(C(=O)O)C12CC(C1)C2.NC(C(=O)O)C12CC(C1)C2.c1ccc(-c2cn(C34CC(C3)C4)nn2)cc1. The van der Waals surface area contributed by atoms with Gasteiger partial charge < -0.3 is 26.0 Å². The minimum atomic E-state index is -0.964. The van der Waals surface area contributed by atoms with Crippen LogP contribution in [0.5, 0.6) is 0 Å². The first-order chi connectivity index (χ1) is 20.2. The summed E-state index contributed by atoms with van der Waals surface area (Å²) in [7, 11) is 0. The molecule has 5 N–H and O–H groups in total.